The zero-order valence-corrected chi connectivity index (χ0v) is 8.06. The Morgan fingerprint density at radius 1 is 1.79 bits per heavy atom. The highest BCUT2D eigenvalue weighted by molar-refractivity contribution is 5.23. The molecule has 0 amide bonds. The van der Waals surface area contributed by atoms with Gasteiger partial charge in [0, 0.05) is 6.54 Å². The molecule has 0 fully saturated rings. The molecule has 0 spiro atoms. The number of aliphatic hydroxyl groups excluding tert-OH is 1. The first kappa shape index (κ1) is 10.9. The van der Waals surface area contributed by atoms with Crippen LogP contribution < -0.4 is 5.32 Å². The second kappa shape index (κ2) is 4.88. The maximum Gasteiger partial charge on any atom is 0.179 e. The van der Waals surface area contributed by atoms with E-state index >= 15 is 0 Å². The molecule has 0 radical (unpaired) electrons. The fraction of sp³-hybridized carbons (Fsp3) is 0.556. The Morgan fingerprint density at radius 2 is 2.57 bits per heavy atom. The van der Waals surface area contributed by atoms with Crippen LogP contribution in [-0.2, 0) is 4.74 Å². The molecule has 0 aromatic carbocycles. The minimum Gasteiger partial charge on any atom is -0.501 e. The molecule has 1 aliphatic rings. The third kappa shape index (κ3) is 2.40. The molecule has 1 rings (SSSR count). The number of nitroso groups, excluding NO2 is 1. The summed E-state index contributed by atoms with van der Waals surface area (Å²) in [5.41, 5.74) is -0.969. The molecule has 0 heterocycles. The van der Waals surface area contributed by atoms with Gasteiger partial charge in [0.05, 0.1) is 25.9 Å². The highest BCUT2D eigenvalue weighted by Gasteiger charge is 2.31. The molecular formula is C9H14N2O3. The van der Waals surface area contributed by atoms with Crippen LogP contribution in [0.1, 0.15) is 6.42 Å². The van der Waals surface area contributed by atoms with Gasteiger partial charge in [0.25, 0.3) is 0 Å². The van der Waals surface area contributed by atoms with Crippen molar-refractivity contribution >= 4 is 0 Å². The first-order valence-corrected chi connectivity index (χ1v) is 4.39. The normalized spacial score (nSPS) is 25.7. The molecule has 5 nitrogen and oxygen atoms in total. The number of hydrogen-bond donors (Lipinski definition) is 2. The van der Waals surface area contributed by atoms with Gasteiger partial charge >= 0.3 is 0 Å². The Morgan fingerprint density at radius 3 is 3.14 bits per heavy atom. The van der Waals surface area contributed by atoms with Crippen LogP contribution >= 0.6 is 0 Å². The molecule has 0 aliphatic heterocycles. The number of hydrogen-bond acceptors (Lipinski definition) is 5. The Bertz CT molecular complexity index is 263. The molecule has 0 aromatic rings. The Hall–Kier alpha value is -1.20. The molecule has 0 bridgehead atoms. The van der Waals surface area contributed by atoms with Crippen LogP contribution in [0.2, 0.25) is 0 Å². The Kier molecular flexibility index (Phi) is 3.79. The van der Waals surface area contributed by atoms with E-state index in [1.165, 1.54) is 0 Å². The molecule has 0 saturated carbocycles. The van der Waals surface area contributed by atoms with Gasteiger partial charge in [-0.3, -0.25) is 5.32 Å². The predicted molar refractivity (Wildman–Crippen MR) is 52.5 cm³/mol. The van der Waals surface area contributed by atoms with E-state index in [4.69, 9.17) is 9.84 Å². The Balaban J connectivity index is 2.68. The van der Waals surface area contributed by atoms with Crippen LogP contribution in [0.3, 0.4) is 0 Å². The van der Waals surface area contributed by atoms with E-state index in [1.807, 2.05) is 0 Å². The van der Waals surface area contributed by atoms with E-state index in [-0.39, 0.29) is 6.61 Å². The number of methoxy groups -OCH3 is 1. The van der Waals surface area contributed by atoms with Crippen molar-refractivity contribution in [2.75, 3.05) is 20.3 Å². The van der Waals surface area contributed by atoms with Gasteiger partial charge in [-0.2, -0.15) is 0 Å². The lowest BCUT2D eigenvalue weighted by Gasteiger charge is -2.26. The number of nitrogens with one attached hydrogen (secondary N) is 1. The molecule has 78 valence electrons. The molecule has 1 aliphatic carbocycles. The predicted octanol–water partition coefficient (Wildman–Crippen LogP) is 0.521. The van der Waals surface area contributed by atoms with Crippen LogP contribution in [0.15, 0.2) is 29.2 Å². The van der Waals surface area contributed by atoms with Gasteiger partial charge in [0.15, 0.2) is 5.66 Å². The largest absolute Gasteiger partial charge is 0.501 e. The fourth-order valence-corrected chi connectivity index (χ4v) is 1.33. The third-order valence-corrected chi connectivity index (χ3v) is 2.07. The minimum absolute atomic E-state index is 0.0306. The summed E-state index contributed by atoms with van der Waals surface area (Å²) >= 11 is 0. The molecule has 2 N–H and O–H groups in total. The van der Waals surface area contributed by atoms with E-state index in [2.05, 4.69) is 10.5 Å². The third-order valence-electron chi connectivity index (χ3n) is 2.07. The lowest BCUT2D eigenvalue weighted by Crippen LogP contribution is -2.44. The smallest absolute Gasteiger partial charge is 0.179 e. The van der Waals surface area contributed by atoms with E-state index in [0.29, 0.717) is 18.7 Å². The summed E-state index contributed by atoms with van der Waals surface area (Å²) in [4.78, 5) is 10.7. The first-order chi connectivity index (χ1) is 6.76. The van der Waals surface area contributed by atoms with Crippen molar-refractivity contribution in [3.05, 3.63) is 28.9 Å². The standard InChI is InChI=1S/C9H14N2O3/c1-14-8-3-2-4-9(7-8,11-13)10-5-6-12/h2-4,10,12H,5-7H2,1H3. The van der Waals surface area contributed by atoms with Crippen molar-refractivity contribution in [1.82, 2.24) is 5.32 Å². The second-order valence-electron chi connectivity index (χ2n) is 3.04. The van der Waals surface area contributed by atoms with Crippen LogP contribution in [0, 0.1) is 4.91 Å². The zero-order valence-electron chi connectivity index (χ0n) is 8.06. The average Bonchev–Trinajstić information content (AvgIpc) is 2.26. The molecule has 5 heteroatoms. The minimum atomic E-state index is -0.969. The highest BCUT2D eigenvalue weighted by Crippen LogP contribution is 2.24. The summed E-state index contributed by atoms with van der Waals surface area (Å²) in [5.74, 6) is 0.692. The summed E-state index contributed by atoms with van der Waals surface area (Å²) in [5, 5.41) is 14.6. The topological polar surface area (TPSA) is 70.9 Å². The van der Waals surface area contributed by atoms with E-state index in [1.54, 1.807) is 25.3 Å². The maximum absolute atomic E-state index is 10.7. The number of rotatable bonds is 5. The Labute approximate surface area is 82.4 Å². The molecular weight excluding hydrogens is 184 g/mol. The van der Waals surface area contributed by atoms with Gasteiger partial charge in [-0.05, 0) is 17.3 Å². The van der Waals surface area contributed by atoms with Gasteiger partial charge < -0.3 is 9.84 Å². The summed E-state index contributed by atoms with van der Waals surface area (Å²) in [6, 6.07) is 0. The van der Waals surface area contributed by atoms with E-state index in [0.717, 1.165) is 0 Å². The number of allylic oxidation sites excluding steroid dienone is 2. The van der Waals surface area contributed by atoms with E-state index < -0.39 is 5.66 Å². The SMILES string of the molecule is COC1=CC=CC(N=O)(NCCO)C1. The summed E-state index contributed by atoms with van der Waals surface area (Å²) in [6.45, 7) is 0.296. The van der Waals surface area contributed by atoms with Crippen LogP contribution in [-0.4, -0.2) is 31.0 Å². The number of aliphatic hydroxyl groups is 1. The molecule has 0 aromatic heterocycles. The van der Waals surface area contributed by atoms with Gasteiger partial charge in [0.1, 0.15) is 0 Å². The lowest BCUT2D eigenvalue weighted by atomic mass is 10.0. The zero-order chi connectivity index (χ0) is 10.4. The van der Waals surface area contributed by atoms with Crippen LogP contribution in [0.4, 0.5) is 0 Å². The fourth-order valence-electron chi connectivity index (χ4n) is 1.33. The van der Waals surface area contributed by atoms with Crippen molar-refractivity contribution < 1.29 is 9.84 Å². The number of nitrogens with zero attached hydrogens (tertiary/aromatic N) is 1. The van der Waals surface area contributed by atoms with Gasteiger partial charge in [-0.1, -0.05) is 6.08 Å². The van der Waals surface area contributed by atoms with Gasteiger partial charge in [0.2, 0.25) is 0 Å². The van der Waals surface area contributed by atoms with Crippen molar-refractivity contribution in [2.45, 2.75) is 12.1 Å². The monoisotopic (exact) mass is 198 g/mol. The maximum atomic E-state index is 10.7. The van der Waals surface area contributed by atoms with Crippen molar-refractivity contribution in [3.8, 4) is 0 Å². The average molecular weight is 198 g/mol. The summed E-state index contributed by atoms with van der Waals surface area (Å²) in [7, 11) is 1.55. The lowest BCUT2D eigenvalue weighted by molar-refractivity contribution is 0.230. The van der Waals surface area contributed by atoms with Crippen LogP contribution in [0.25, 0.3) is 0 Å². The molecule has 0 saturated heterocycles. The summed E-state index contributed by atoms with van der Waals surface area (Å²) in [6.07, 6.45) is 5.54. The molecule has 1 atom stereocenters. The van der Waals surface area contributed by atoms with Gasteiger partial charge in [-0.15, -0.1) is 4.91 Å². The molecule has 1 unspecified atom stereocenters. The molecule has 14 heavy (non-hydrogen) atoms. The quantitative estimate of drug-likeness (QED) is 0.632. The summed E-state index contributed by atoms with van der Waals surface area (Å²) < 4.78 is 5.04. The van der Waals surface area contributed by atoms with Crippen molar-refractivity contribution in [2.24, 2.45) is 5.18 Å². The van der Waals surface area contributed by atoms with E-state index in [9.17, 15) is 4.91 Å². The van der Waals surface area contributed by atoms with Gasteiger partial charge in [-0.25, -0.2) is 0 Å². The highest BCUT2D eigenvalue weighted by atomic mass is 16.5. The second-order valence-corrected chi connectivity index (χ2v) is 3.04. The number of ether oxygens (including phenoxy) is 1. The van der Waals surface area contributed by atoms with Crippen molar-refractivity contribution in [1.29, 1.82) is 0 Å². The first-order valence-electron chi connectivity index (χ1n) is 4.39. The van der Waals surface area contributed by atoms with Crippen molar-refractivity contribution in [3.63, 3.8) is 0 Å². The van der Waals surface area contributed by atoms with Crippen LogP contribution in [0.5, 0.6) is 0 Å².